The average molecular weight is 381 g/mol. The van der Waals surface area contributed by atoms with Crippen LogP contribution in [0.1, 0.15) is 67.0 Å². The summed E-state index contributed by atoms with van der Waals surface area (Å²) in [6, 6.07) is 0. The Morgan fingerprint density at radius 3 is 2.42 bits per heavy atom. The zero-order valence-electron chi connectivity index (χ0n) is 16.2. The van der Waals surface area contributed by atoms with Crippen LogP contribution in [0.5, 0.6) is 0 Å². The quantitative estimate of drug-likeness (QED) is 0.826. The Morgan fingerprint density at radius 1 is 1.27 bits per heavy atom. The molecule has 6 heteroatoms. The van der Waals surface area contributed by atoms with E-state index in [4.69, 9.17) is 14.2 Å². The molecule has 1 atom stereocenters. The van der Waals surface area contributed by atoms with Crippen molar-refractivity contribution in [3.8, 4) is 0 Å². The first-order chi connectivity index (χ1) is 12.1. The van der Waals surface area contributed by atoms with E-state index in [1.807, 2.05) is 27.7 Å². The molecule has 1 aromatic rings. The van der Waals surface area contributed by atoms with E-state index in [9.17, 15) is 9.90 Å². The second kappa shape index (κ2) is 7.08. The largest absolute Gasteiger partial charge is 0.479 e. The Bertz CT molecular complexity index is 719. The molecule has 0 aromatic carbocycles. The Kier molecular flexibility index (Phi) is 5.32. The van der Waals surface area contributed by atoms with Gasteiger partial charge in [0.25, 0.3) is 0 Å². The summed E-state index contributed by atoms with van der Waals surface area (Å²) in [6.07, 6.45) is 3.50. The summed E-state index contributed by atoms with van der Waals surface area (Å²) in [4.78, 5) is 14.1. The monoisotopic (exact) mass is 380 g/mol. The Balaban J connectivity index is 1.98. The van der Waals surface area contributed by atoms with Gasteiger partial charge in [0.05, 0.1) is 18.8 Å². The van der Waals surface area contributed by atoms with Crippen molar-refractivity contribution < 1.29 is 24.1 Å². The van der Waals surface area contributed by atoms with E-state index in [1.165, 1.54) is 5.57 Å². The lowest BCUT2D eigenvalue weighted by Crippen LogP contribution is -2.32. The van der Waals surface area contributed by atoms with Crippen LogP contribution in [0.2, 0.25) is 0 Å². The maximum absolute atomic E-state index is 12.0. The molecule has 26 heavy (non-hydrogen) atoms. The zero-order valence-corrected chi connectivity index (χ0v) is 17.0. The molecule has 1 aliphatic carbocycles. The molecule has 3 rings (SSSR count). The van der Waals surface area contributed by atoms with Gasteiger partial charge in [0, 0.05) is 28.2 Å². The Hall–Kier alpha value is -1.21. The molecular formula is C20H28O5S. The van der Waals surface area contributed by atoms with Gasteiger partial charge in [-0.05, 0) is 52.2 Å². The van der Waals surface area contributed by atoms with Gasteiger partial charge in [0.2, 0.25) is 0 Å². The average Bonchev–Trinajstić information content (AvgIpc) is 3.10. The number of aryl methyl sites for hydroxylation is 2. The number of allylic oxidation sites excluding steroid dienone is 1. The fourth-order valence-corrected chi connectivity index (χ4v) is 4.92. The molecule has 0 saturated carbocycles. The first-order valence-electron chi connectivity index (χ1n) is 9.10. The molecule has 0 amide bonds. The third kappa shape index (κ3) is 3.88. The standard InChI is InChI=1S/C20H28O5S/c1-12-15(14-6-8-20(9-7-14)23-10-11-24-20)16(13(2)26-12)17(18(21)22)25-19(3,4)5/h6,17H,7-11H2,1-5H3,(H,21,22). The van der Waals surface area contributed by atoms with Gasteiger partial charge in [-0.2, -0.15) is 0 Å². The van der Waals surface area contributed by atoms with Crippen molar-refractivity contribution in [2.24, 2.45) is 0 Å². The van der Waals surface area contributed by atoms with Crippen LogP contribution in [0.15, 0.2) is 6.08 Å². The van der Waals surface area contributed by atoms with Crippen LogP contribution in [0.3, 0.4) is 0 Å². The summed E-state index contributed by atoms with van der Waals surface area (Å²) < 4.78 is 17.5. The van der Waals surface area contributed by atoms with E-state index in [0.717, 1.165) is 33.7 Å². The third-order valence-electron chi connectivity index (χ3n) is 4.83. The molecule has 1 aromatic heterocycles. The summed E-state index contributed by atoms with van der Waals surface area (Å²) in [5.41, 5.74) is 2.47. The van der Waals surface area contributed by atoms with Gasteiger partial charge in [-0.1, -0.05) is 6.08 Å². The van der Waals surface area contributed by atoms with Crippen molar-refractivity contribution in [2.75, 3.05) is 13.2 Å². The van der Waals surface area contributed by atoms with E-state index in [2.05, 4.69) is 13.0 Å². The van der Waals surface area contributed by atoms with Crippen LogP contribution in [0, 0.1) is 13.8 Å². The molecule has 1 N–H and O–H groups in total. The molecule has 5 nitrogen and oxygen atoms in total. The van der Waals surface area contributed by atoms with Crippen LogP contribution < -0.4 is 0 Å². The van der Waals surface area contributed by atoms with Gasteiger partial charge in [-0.25, -0.2) is 4.79 Å². The molecule has 1 spiro atoms. The highest BCUT2D eigenvalue weighted by Gasteiger charge is 2.39. The molecule has 0 bridgehead atoms. The minimum atomic E-state index is -0.967. The van der Waals surface area contributed by atoms with Crippen LogP contribution >= 0.6 is 11.3 Å². The molecule has 2 aliphatic rings. The number of carboxylic acids is 1. The maximum Gasteiger partial charge on any atom is 0.337 e. The van der Waals surface area contributed by atoms with Crippen LogP contribution in [0.4, 0.5) is 0 Å². The smallest absolute Gasteiger partial charge is 0.337 e. The summed E-state index contributed by atoms with van der Waals surface area (Å²) in [5.74, 6) is -1.42. The van der Waals surface area contributed by atoms with Crippen molar-refractivity contribution in [2.45, 2.75) is 71.4 Å². The highest BCUT2D eigenvalue weighted by molar-refractivity contribution is 7.12. The Morgan fingerprint density at radius 2 is 1.92 bits per heavy atom. The number of rotatable bonds is 4. The van der Waals surface area contributed by atoms with Gasteiger partial charge in [0.1, 0.15) is 0 Å². The van der Waals surface area contributed by atoms with E-state index >= 15 is 0 Å². The minimum absolute atomic E-state index is 0.475. The predicted octanol–water partition coefficient (Wildman–Crippen LogP) is 4.62. The number of hydrogen-bond acceptors (Lipinski definition) is 5. The third-order valence-corrected chi connectivity index (χ3v) is 5.87. The molecule has 144 valence electrons. The molecule has 1 aliphatic heterocycles. The van der Waals surface area contributed by atoms with Crippen LogP contribution in [-0.2, 0) is 19.0 Å². The fourth-order valence-electron chi connectivity index (χ4n) is 3.80. The highest BCUT2D eigenvalue weighted by atomic mass is 32.1. The fraction of sp³-hybridized carbons (Fsp3) is 0.650. The van der Waals surface area contributed by atoms with Crippen molar-refractivity contribution in [1.29, 1.82) is 0 Å². The number of carbonyl (C=O) groups is 1. The van der Waals surface area contributed by atoms with Gasteiger partial charge >= 0.3 is 5.97 Å². The molecule has 1 unspecified atom stereocenters. The highest BCUT2D eigenvalue weighted by Crippen LogP contribution is 2.45. The van der Waals surface area contributed by atoms with Crippen molar-refractivity contribution >= 4 is 22.9 Å². The van der Waals surface area contributed by atoms with E-state index in [-0.39, 0.29) is 0 Å². The second-order valence-corrected chi connectivity index (χ2v) is 9.42. The van der Waals surface area contributed by atoms with Gasteiger partial charge in [0.15, 0.2) is 11.9 Å². The van der Waals surface area contributed by atoms with E-state index in [0.29, 0.717) is 19.6 Å². The van der Waals surface area contributed by atoms with Crippen molar-refractivity contribution in [3.63, 3.8) is 0 Å². The predicted molar refractivity (Wildman–Crippen MR) is 101 cm³/mol. The number of aliphatic carboxylic acids is 1. The maximum atomic E-state index is 12.0. The zero-order chi connectivity index (χ0) is 19.1. The molecule has 1 saturated heterocycles. The van der Waals surface area contributed by atoms with Crippen molar-refractivity contribution in [3.05, 3.63) is 27.0 Å². The second-order valence-electron chi connectivity index (χ2n) is 7.99. The number of hydrogen-bond donors (Lipinski definition) is 1. The number of ether oxygens (including phenoxy) is 3. The topological polar surface area (TPSA) is 65.0 Å². The van der Waals surface area contributed by atoms with Gasteiger partial charge in [-0.3, -0.25) is 0 Å². The Labute approximate surface area is 159 Å². The summed E-state index contributed by atoms with van der Waals surface area (Å²) in [6.45, 7) is 11.0. The first kappa shape index (κ1) is 19.5. The van der Waals surface area contributed by atoms with Gasteiger partial charge < -0.3 is 19.3 Å². The summed E-state index contributed by atoms with van der Waals surface area (Å²) >= 11 is 1.64. The number of carboxylic acid groups (broad SMARTS) is 1. The summed E-state index contributed by atoms with van der Waals surface area (Å²) in [7, 11) is 0. The number of thiophene rings is 1. The normalized spacial score (nSPS) is 21.0. The lowest BCUT2D eigenvalue weighted by molar-refractivity contribution is -0.161. The van der Waals surface area contributed by atoms with Crippen LogP contribution in [-0.4, -0.2) is 35.7 Å². The lowest BCUT2D eigenvalue weighted by atomic mass is 9.86. The molecular weight excluding hydrogens is 352 g/mol. The lowest BCUT2D eigenvalue weighted by Gasteiger charge is -2.32. The van der Waals surface area contributed by atoms with E-state index in [1.54, 1.807) is 11.3 Å². The van der Waals surface area contributed by atoms with E-state index < -0.39 is 23.5 Å². The van der Waals surface area contributed by atoms with Crippen LogP contribution in [0.25, 0.3) is 5.57 Å². The molecule has 1 fully saturated rings. The minimum Gasteiger partial charge on any atom is -0.479 e. The SMILES string of the molecule is Cc1sc(C)c(C(OC(C)(C)C)C(=O)O)c1C1=CCC2(CC1)OCCO2. The van der Waals surface area contributed by atoms with Crippen molar-refractivity contribution in [1.82, 2.24) is 0 Å². The molecule has 0 radical (unpaired) electrons. The first-order valence-corrected chi connectivity index (χ1v) is 9.91. The molecule has 2 heterocycles. The van der Waals surface area contributed by atoms with Gasteiger partial charge in [-0.15, -0.1) is 11.3 Å². The summed E-state index contributed by atoms with van der Waals surface area (Å²) in [5, 5.41) is 9.83.